The molecule has 1 aromatic carbocycles. The standard InChI is InChI=1S/C22H21ClN6O4/c1-13(30)10-29-21(32)19-20(27(2)22(29)33)24-12-28(19)11-18(31)26-17-5-3-4-16(25-17)14-6-8-15(23)9-7-14/h3-9,12,19-20H,10-11H2,1-2H3,(H,25,26,31). The molecule has 1 aromatic heterocycles. The highest BCUT2D eigenvalue weighted by atomic mass is 35.5. The van der Waals surface area contributed by atoms with E-state index in [1.54, 1.807) is 24.3 Å². The minimum atomic E-state index is -0.883. The predicted molar refractivity (Wildman–Crippen MR) is 122 cm³/mol. The van der Waals surface area contributed by atoms with Crippen LogP contribution < -0.4 is 5.32 Å². The number of imide groups is 1. The van der Waals surface area contributed by atoms with E-state index in [1.807, 2.05) is 18.2 Å². The van der Waals surface area contributed by atoms with Gasteiger partial charge in [0.15, 0.2) is 12.2 Å². The largest absolute Gasteiger partial charge is 0.338 e. The number of aliphatic imine (C=N–C) groups is 1. The van der Waals surface area contributed by atoms with Crippen LogP contribution in [0.15, 0.2) is 47.5 Å². The van der Waals surface area contributed by atoms with Gasteiger partial charge < -0.3 is 15.1 Å². The number of aromatic nitrogens is 1. The summed E-state index contributed by atoms with van der Waals surface area (Å²) in [5.41, 5.74) is 1.51. The number of pyridine rings is 1. The summed E-state index contributed by atoms with van der Waals surface area (Å²) >= 11 is 5.93. The Hall–Kier alpha value is -3.79. The first kappa shape index (κ1) is 22.4. The van der Waals surface area contributed by atoms with E-state index in [1.165, 1.54) is 30.1 Å². The van der Waals surface area contributed by atoms with Crippen molar-refractivity contribution in [2.24, 2.45) is 4.99 Å². The molecule has 1 N–H and O–H groups in total. The number of hydrogen-bond donors (Lipinski definition) is 1. The molecule has 11 heteroatoms. The van der Waals surface area contributed by atoms with Crippen LogP contribution in [-0.4, -0.2) is 82.0 Å². The zero-order valence-corrected chi connectivity index (χ0v) is 18.7. The molecule has 0 radical (unpaired) electrons. The second kappa shape index (κ2) is 8.99. The molecule has 0 saturated carbocycles. The van der Waals surface area contributed by atoms with Crippen molar-refractivity contribution in [2.45, 2.75) is 19.1 Å². The van der Waals surface area contributed by atoms with Crippen LogP contribution in [0.5, 0.6) is 0 Å². The third kappa shape index (κ3) is 4.56. The van der Waals surface area contributed by atoms with E-state index in [4.69, 9.17) is 11.6 Å². The monoisotopic (exact) mass is 468 g/mol. The first-order chi connectivity index (χ1) is 15.7. The fourth-order valence-electron chi connectivity index (χ4n) is 3.76. The average Bonchev–Trinajstić information content (AvgIpc) is 3.19. The highest BCUT2D eigenvalue weighted by Crippen LogP contribution is 2.25. The lowest BCUT2D eigenvalue weighted by Gasteiger charge is -2.40. The highest BCUT2D eigenvalue weighted by Gasteiger charge is 2.50. The molecule has 170 valence electrons. The second-order valence-electron chi connectivity index (χ2n) is 7.78. The van der Waals surface area contributed by atoms with Gasteiger partial charge >= 0.3 is 6.03 Å². The number of nitrogens with zero attached hydrogens (tertiary/aromatic N) is 5. The Morgan fingerprint density at radius 1 is 1.09 bits per heavy atom. The molecule has 2 aromatic rings. The number of likely N-dealkylation sites (N-methyl/N-ethyl adjacent to an activating group) is 1. The van der Waals surface area contributed by atoms with Crippen molar-refractivity contribution in [1.29, 1.82) is 0 Å². The van der Waals surface area contributed by atoms with Crippen molar-refractivity contribution in [3.63, 3.8) is 0 Å². The Bertz CT molecular complexity index is 1150. The number of carbonyl (C=O) groups excluding carboxylic acids is 4. The van der Waals surface area contributed by atoms with E-state index < -0.39 is 30.1 Å². The van der Waals surface area contributed by atoms with Gasteiger partial charge in [-0.3, -0.25) is 19.3 Å². The summed E-state index contributed by atoms with van der Waals surface area (Å²) in [6.45, 7) is 0.792. The van der Waals surface area contributed by atoms with Crippen LogP contribution in [0.2, 0.25) is 5.02 Å². The lowest BCUT2D eigenvalue weighted by atomic mass is 10.1. The maximum atomic E-state index is 12.9. The van der Waals surface area contributed by atoms with Gasteiger partial charge in [-0.15, -0.1) is 0 Å². The Morgan fingerprint density at radius 3 is 2.52 bits per heavy atom. The molecule has 0 spiro atoms. The molecular weight excluding hydrogens is 448 g/mol. The minimum Gasteiger partial charge on any atom is -0.338 e. The number of rotatable bonds is 6. The van der Waals surface area contributed by atoms with Gasteiger partial charge in [0.05, 0.1) is 25.1 Å². The van der Waals surface area contributed by atoms with Gasteiger partial charge in [0, 0.05) is 17.6 Å². The van der Waals surface area contributed by atoms with Crippen LogP contribution in [0.4, 0.5) is 10.6 Å². The van der Waals surface area contributed by atoms with Crippen LogP contribution in [-0.2, 0) is 14.4 Å². The number of carbonyl (C=O) groups is 4. The lowest BCUT2D eigenvalue weighted by molar-refractivity contribution is -0.140. The van der Waals surface area contributed by atoms with E-state index in [2.05, 4.69) is 15.3 Å². The number of amides is 4. The molecule has 1 saturated heterocycles. The minimum absolute atomic E-state index is 0.181. The van der Waals surface area contributed by atoms with Crippen LogP contribution in [0.1, 0.15) is 6.92 Å². The molecule has 2 atom stereocenters. The Labute approximate surface area is 194 Å². The fourth-order valence-corrected chi connectivity index (χ4v) is 3.88. The zero-order chi connectivity index (χ0) is 23.7. The maximum Gasteiger partial charge on any atom is 0.328 e. The van der Waals surface area contributed by atoms with Gasteiger partial charge in [-0.1, -0.05) is 29.8 Å². The summed E-state index contributed by atoms with van der Waals surface area (Å²) in [7, 11) is 1.51. The van der Waals surface area contributed by atoms with Gasteiger partial charge in [-0.2, -0.15) is 0 Å². The SMILES string of the molecule is CC(=O)CN1C(=O)C2C(N=CN2CC(=O)Nc2cccc(-c3ccc(Cl)cc3)n2)N(C)C1=O. The number of benzene rings is 1. The molecule has 10 nitrogen and oxygen atoms in total. The van der Waals surface area contributed by atoms with Gasteiger partial charge in [0.25, 0.3) is 5.91 Å². The number of nitrogens with one attached hydrogen (secondary N) is 1. The molecule has 2 aliphatic rings. The summed E-state index contributed by atoms with van der Waals surface area (Å²) in [5.74, 6) is -0.946. The van der Waals surface area contributed by atoms with E-state index in [0.717, 1.165) is 10.5 Å². The molecule has 0 bridgehead atoms. The van der Waals surface area contributed by atoms with Crippen LogP contribution in [0, 0.1) is 0 Å². The average molecular weight is 469 g/mol. The van der Waals surface area contributed by atoms with Gasteiger partial charge in [-0.25, -0.2) is 14.8 Å². The topological polar surface area (TPSA) is 115 Å². The molecule has 1 fully saturated rings. The van der Waals surface area contributed by atoms with Crippen molar-refractivity contribution in [1.82, 2.24) is 19.7 Å². The summed E-state index contributed by atoms with van der Waals surface area (Å²) < 4.78 is 0. The summed E-state index contributed by atoms with van der Waals surface area (Å²) in [5, 5.41) is 3.34. The summed E-state index contributed by atoms with van der Waals surface area (Å²) in [6.07, 6.45) is 0.623. The van der Waals surface area contributed by atoms with E-state index in [0.29, 0.717) is 16.5 Å². The van der Waals surface area contributed by atoms with Gasteiger partial charge in [0.2, 0.25) is 5.91 Å². The van der Waals surface area contributed by atoms with Crippen molar-refractivity contribution < 1.29 is 19.2 Å². The number of halogens is 1. The summed E-state index contributed by atoms with van der Waals surface area (Å²) in [4.78, 5) is 61.9. The van der Waals surface area contributed by atoms with Crippen molar-refractivity contribution in [2.75, 3.05) is 25.5 Å². The Morgan fingerprint density at radius 2 is 1.82 bits per heavy atom. The first-order valence-electron chi connectivity index (χ1n) is 10.1. The number of hydrogen-bond acceptors (Lipinski definition) is 7. The molecule has 3 heterocycles. The molecule has 33 heavy (non-hydrogen) atoms. The van der Waals surface area contributed by atoms with Crippen molar-refractivity contribution >= 4 is 47.4 Å². The highest BCUT2D eigenvalue weighted by molar-refractivity contribution is 6.30. The molecular formula is C22H21ClN6O4. The van der Waals surface area contributed by atoms with E-state index >= 15 is 0 Å². The van der Waals surface area contributed by atoms with Crippen LogP contribution >= 0.6 is 11.6 Å². The molecule has 4 rings (SSSR count). The predicted octanol–water partition coefficient (Wildman–Crippen LogP) is 1.86. The lowest BCUT2D eigenvalue weighted by Crippen LogP contribution is -2.65. The van der Waals surface area contributed by atoms with E-state index in [9.17, 15) is 19.2 Å². The normalized spacial score (nSPS) is 19.7. The van der Waals surface area contributed by atoms with Crippen LogP contribution in [0.25, 0.3) is 11.3 Å². The third-order valence-electron chi connectivity index (χ3n) is 5.32. The fraction of sp³-hybridized carbons (Fsp3) is 0.273. The Kier molecular flexibility index (Phi) is 6.10. The second-order valence-corrected chi connectivity index (χ2v) is 8.21. The third-order valence-corrected chi connectivity index (χ3v) is 5.57. The molecule has 4 amide bonds. The number of ketones is 1. The van der Waals surface area contributed by atoms with Gasteiger partial charge in [0.1, 0.15) is 11.6 Å². The smallest absolute Gasteiger partial charge is 0.328 e. The Balaban J connectivity index is 1.46. The van der Waals surface area contributed by atoms with Crippen LogP contribution in [0.3, 0.4) is 0 Å². The molecule has 2 aliphatic heterocycles. The first-order valence-corrected chi connectivity index (χ1v) is 10.5. The zero-order valence-electron chi connectivity index (χ0n) is 17.9. The number of anilines is 1. The van der Waals surface area contributed by atoms with E-state index in [-0.39, 0.29) is 18.9 Å². The number of urea groups is 1. The number of Topliss-reactive ketones (excluding diaryl/α,β-unsaturated/α-hetero) is 1. The molecule has 2 unspecified atom stereocenters. The van der Waals surface area contributed by atoms with Crippen molar-refractivity contribution in [3.8, 4) is 11.3 Å². The summed E-state index contributed by atoms with van der Waals surface area (Å²) in [6, 6.07) is 10.9. The van der Waals surface area contributed by atoms with Crippen molar-refractivity contribution in [3.05, 3.63) is 47.5 Å². The quantitative estimate of drug-likeness (QED) is 0.692. The van der Waals surface area contributed by atoms with Gasteiger partial charge in [-0.05, 0) is 31.2 Å². The molecule has 0 aliphatic carbocycles. The maximum absolute atomic E-state index is 12.9. The number of fused-ring (bicyclic) bond motifs is 1.